The van der Waals surface area contributed by atoms with Gasteiger partial charge in [-0.3, -0.25) is 4.79 Å². The maximum absolute atomic E-state index is 12.7. The zero-order valence-corrected chi connectivity index (χ0v) is 15.3. The molecule has 0 aliphatic carbocycles. The maximum atomic E-state index is 12.7. The number of methoxy groups -OCH3 is 2. The van der Waals surface area contributed by atoms with E-state index in [1.165, 1.54) is 0 Å². The number of hydrogen-bond acceptors (Lipinski definition) is 4. The van der Waals surface area contributed by atoms with Crippen LogP contribution in [0, 0.1) is 0 Å². The van der Waals surface area contributed by atoms with Crippen LogP contribution in [0.2, 0.25) is 0 Å². The zero-order chi connectivity index (χ0) is 18.5. The van der Waals surface area contributed by atoms with Gasteiger partial charge in [0.05, 0.1) is 30.9 Å². The summed E-state index contributed by atoms with van der Waals surface area (Å²) in [5.41, 5.74) is 2.48. The monoisotopic (exact) mass is 353 g/mol. The number of carbonyl (C=O) groups is 1. The van der Waals surface area contributed by atoms with E-state index in [0.29, 0.717) is 17.2 Å². The molecule has 0 saturated carbocycles. The minimum absolute atomic E-state index is 0.131. The Labute approximate surface area is 152 Å². The fourth-order valence-corrected chi connectivity index (χ4v) is 2.95. The summed E-state index contributed by atoms with van der Waals surface area (Å²) in [6.07, 6.45) is 1.80. The topological polar surface area (TPSA) is 65.4 Å². The summed E-state index contributed by atoms with van der Waals surface area (Å²) in [6, 6.07) is 13.2. The predicted octanol–water partition coefficient (Wildman–Crippen LogP) is 3.64. The Hall–Kier alpha value is -3.02. The van der Waals surface area contributed by atoms with Crippen molar-refractivity contribution in [2.24, 2.45) is 0 Å². The highest BCUT2D eigenvalue weighted by atomic mass is 16.5. The summed E-state index contributed by atoms with van der Waals surface area (Å²) in [5.74, 6) is 2.02. The molecule has 1 amide bonds. The van der Waals surface area contributed by atoms with Crippen LogP contribution >= 0.6 is 0 Å². The summed E-state index contributed by atoms with van der Waals surface area (Å²) >= 11 is 0. The van der Waals surface area contributed by atoms with Gasteiger partial charge < -0.3 is 19.4 Å². The number of nitrogens with one attached hydrogen (secondary N) is 1. The molecule has 1 aromatic heterocycles. The quantitative estimate of drug-likeness (QED) is 0.704. The van der Waals surface area contributed by atoms with E-state index in [0.717, 1.165) is 29.7 Å². The second-order valence-corrected chi connectivity index (χ2v) is 5.97. The summed E-state index contributed by atoms with van der Waals surface area (Å²) < 4.78 is 12.5. The van der Waals surface area contributed by atoms with Crippen molar-refractivity contribution < 1.29 is 14.3 Å². The fourth-order valence-electron chi connectivity index (χ4n) is 2.95. The van der Waals surface area contributed by atoms with Gasteiger partial charge >= 0.3 is 0 Å². The Morgan fingerprint density at radius 3 is 2.69 bits per heavy atom. The number of imidazole rings is 1. The molecule has 26 heavy (non-hydrogen) atoms. The van der Waals surface area contributed by atoms with Gasteiger partial charge in [-0.15, -0.1) is 0 Å². The molecule has 3 aromatic rings. The van der Waals surface area contributed by atoms with Crippen molar-refractivity contribution in [3.8, 4) is 11.5 Å². The summed E-state index contributed by atoms with van der Waals surface area (Å²) in [6.45, 7) is 2.30. The van der Waals surface area contributed by atoms with Crippen molar-refractivity contribution in [2.45, 2.75) is 26.3 Å². The maximum Gasteiger partial charge on any atom is 0.244 e. The molecule has 0 radical (unpaired) electrons. The lowest BCUT2D eigenvalue weighted by molar-refractivity contribution is -0.116. The van der Waals surface area contributed by atoms with Crippen LogP contribution in [0.1, 0.15) is 19.2 Å². The number of anilines is 1. The van der Waals surface area contributed by atoms with Gasteiger partial charge in [-0.25, -0.2) is 4.98 Å². The van der Waals surface area contributed by atoms with Gasteiger partial charge in [0.25, 0.3) is 0 Å². The Bertz CT molecular complexity index is 918. The molecule has 136 valence electrons. The van der Waals surface area contributed by atoms with Gasteiger partial charge in [0.2, 0.25) is 5.91 Å². The number of carbonyl (C=O) groups excluding carboxylic acids is 1. The van der Waals surface area contributed by atoms with E-state index in [-0.39, 0.29) is 12.5 Å². The highest BCUT2D eigenvalue weighted by Gasteiger charge is 2.14. The minimum Gasteiger partial charge on any atom is -0.497 e. The Morgan fingerprint density at radius 1 is 1.15 bits per heavy atom. The van der Waals surface area contributed by atoms with Gasteiger partial charge in [-0.1, -0.05) is 19.1 Å². The lowest BCUT2D eigenvalue weighted by Crippen LogP contribution is -2.20. The molecule has 6 nitrogen and oxygen atoms in total. The molecular weight excluding hydrogens is 330 g/mol. The molecule has 1 heterocycles. The van der Waals surface area contributed by atoms with E-state index in [2.05, 4.69) is 17.2 Å². The first-order valence-corrected chi connectivity index (χ1v) is 8.62. The highest BCUT2D eigenvalue weighted by molar-refractivity contribution is 5.93. The Morgan fingerprint density at radius 2 is 1.96 bits per heavy atom. The van der Waals surface area contributed by atoms with Crippen molar-refractivity contribution in [1.29, 1.82) is 0 Å². The first-order chi connectivity index (χ1) is 12.7. The van der Waals surface area contributed by atoms with Crippen LogP contribution in [0.4, 0.5) is 5.69 Å². The van der Waals surface area contributed by atoms with Crippen LogP contribution in [0.3, 0.4) is 0 Å². The first-order valence-electron chi connectivity index (χ1n) is 8.62. The van der Waals surface area contributed by atoms with Crippen LogP contribution in [-0.2, 0) is 17.8 Å². The number of hydrogen-bond donors (Lipinski definition) is 1. The Balaban J connectivity index is 1.84. The molecule has 0 spiro atoms. The second-order valence-electron chi connectivity index (χ2n) is 5.97. The summed E-state index contributed by atoms with van der Waals surface area (Å²) in [5, 5.41) is 2.92. The molecule has 0 bridgehead atoms. The highest BCUT2D eigenvalue weighted by Crippen LogP contribution is 2.29. The number of para-hydroxylation sites is 2. The minimum atomic E-state index is -0.131. The molecule has 3 rings (SSSR count). The standard InChI is InChI=1S/C20H23N3O3/c1-4-7-19-21-15-8-5-6-9-17(15)23(19)13-20(24)22-16-11-10-14(25-2)12-18(16)26-3/h5-6,8-12H,4,7,13H2,1-3H3,(H,22,24). The average molecular weight is 353 g/mol. The van der Waals surface area contributed by atoms with Crippen LogP contribution < -0.4 is 14.8 Å². The van der Waals surface area contributed by atoms with Crippen LogP contribution in [-0.4, -0.2) is 29.7 Å². The van der Waals surface area contributed by atoms with Crippen molar-refractivity contribution >= 4 is 22.6 Å². The third-order valence-corrected chi connectivity index (χ3v) is 4.19. The molecule has 0 saturated heterocycles. The van der Waals surface area contributed by atoms with E-state index >= 15 is 0 Å². The number of amides is 1. The summed E-state index contributed by atoms with van der Waals surface area (Å²) in [7, 11) is 3.15. The first kappa shape index (κ1) is 17.8. The summed E-state index contributed by atoms with van der Waals surface area (Å²) in [4.78, 5) is 17.3. The van der Waals surface area contributed by atoms with Crippen LogP contribution in [0.25, 0.3) is 11.0 Å². The predicted molar refractivity (Wildman–Crippen MR) is 102 cm³/mol. The van der Waals surface area contributed by atoms with E-state index in [1.807, 2.05) is 28.8 Å². The number of aromatic nitrogens is 2. The molecule has 2 aromatic carbocycles. The molecule has 0 aliphatic rings. The average Bonchev–Trinajstić information content (AvgIpc) is 2.99. The van der Waals surface area contributed by atoms with E-state index in [1.54, 1.807) is 32.4 Å². The smallest absolute Gasteiger partial charge is 0.244 e. The van der Waals surface area contributed by atoms with Crippen LogP contribution in [0.5, 0.6) is 11.5 Å². The van der Waals surface area contributed by atoms with E-state index in [4.69, 9.17) is 9.47 Å². The van der Waals surface area contributed by atoms with E-state index in [9.17, 15) is 4.79 Å². The number of benzene rings is 2. The molecule has 0 fully saturated rings. The molecule has 0 aliphatic heterocycles. The number of fused-ring (bicyclic) bond motifs is 1. The van der Waals surface area contributed by atoms with E-state index < -0.39 is 0 Å². The number of nitrogens with zero attached hydrogens (tertiary/aromatic N) is 2. The molecular formula is C20H23N3O3. The van der Waals surface area contributed by atoms with Crippen LogP contribution in [0.15, 0.2) is 42.5 Å². The number of aryl methyl sites for hydroxylation is 1. The number of rotatable bonds is 7. The molecule has 6 heteroatoms. The van der Waals surface area contributed by atoms with Crippen molar-refractivity contribution in [3.63, 3.8) is 0 Å². The van der Waals surface area contributed by atoms with Gasteiger partial charge in [0.1, 0.15) is 23.9 Å². The van der Waals surface area contributed by atoms with Gasteiger partial charge in [-0.05, 0) is 30.7 Å². The lowest BCUT2D eigenvalue weighted by Gasteiger charge is -2.13. The zero-order valence-electron chi connectivity index (χ0n) is 15.3. The lowest BCUT2D eigenvalue weighted by atomic mass is 10.2. The third-order valence-electron chi connectivity index (χ3n) is 4.19. The SMILES string of the molecule is CCCc1nc2ccccc2n1CC(=O)Nc1ccc(OC)cc1OC. The molecule has 0 atom stereocenters. The van der Waals surface area contributed by atoms with Crippen molar-refractivity contribution in [2.75, 3.05) is 19.5 Å². The molecule has 1 N–H and O–H groups in total. The van der Waals surface area contributed by atoms with Crippen molar-refractivity contribution in [3.05, 3.63) is 48.3 Å². The van der Waals surface area contributed by atoms with Gasteiger partial charge in [-0.2, -0.15) is 0 Å². The molecule has 0 unspecified atom stereocenters. The normalized spacial score (nSPS) is 10.7. The largest absolute Gasteiger partial charge is 0.497 e. The second kappa shape index (κ2) is 7.91. The fraction of sp³-hybridized carbons (Fsp3) is 0.300. The Kier molecular flexibility index (Phi) is 5.41. The van der Waals surface area contributed by atoms with Gasteiger partial charge in [0, 0.05) is 12.5 Å². The third kappa shape index (κ3) is 3.64. The number of ether oxygens (including phenoxy) is 2. The van der Waals surface area contributed by atoms with Crippen molar-refractivity contribution in [1.82, 2.24) is 9.55 Å². The van der Waals surface area contributed by atoms with Gasteiger partial charge in [0.15, 0.2) is 0 Å².